The van der Waals surface area contributed by atoms with Gasteiger partial charge in [0, 0.05) is 23.3 Å². The summed E-state index contributed by atoms with van der Waals surface area (Å²) in [5, 5.41) is 0.681. The molecule has 4 aromatic rings. The van der Waals surface area contributed by atoms with Gasteiger partial charge in [-0.15, -0.1) is 0 Å². The summed E-state index contributed by atoms with van der Waals surface area (Å²) in [7, 11) is 0. The highest BCUT2D eigenvalue weighted by Crippen LogP contribution is 2.27. The van der Waals surface area contributed by atoms with Gasteiger partial charge in [0.2, 0.25) is 0 Å². The molecule has 7 heteroatoms. The summed E-state index contributed by atoms with van der Waals surface area (Å²) >= 11 is 6.10. The topological polar surface area (TPSA) is 66.9 Å². The molecule has 6 nitrogen and oxygen atoms in total. The monoisotopic (exact) mass is 391 g/mol. The number of hydrogen-bond donors (Lipinski definition) is 1. The van der Waals surface area contributed by atoms with Crippen LogP contribution in [0.1, 0.15) is 11.8 Å². The third kappa shape index (κ3) is 3.32. The fourth-order valence-corrected chi connectivity index (χ4v) is 3.62. The summed E-state index contributed by atoms with van der Waals surface area (Å²) in [5.74, 6) is 1.65. The summed E-state index contributed by atoms with van der Waals surface area (Å²) in [4.78, 5) is 19.4. The zero-order chi connectivity index (χ0) is 18.9. The van der Waals surface area contributed by atoms with Crippen LogP contribution < -0.4 is 4.90 Å². The normalized spacial score (nSPS) is 17.2. The number of halogens is 1. The Morgan fingerprint density at radius 1 is 1.07 bits per heavy atom. The van der Waals surface area contributed by atoms with Gasteiger partial charge in [-0.25, -0.2) is 9.97 Å². The van der Waals surface area contributed by atoms with Crippen molar-refractivity contribution in [1.82, 2.24) is 19.9 Å². The molecule has 0 spiro atoms. The van der Waals surface area contributed by atoms with Crippen LogP contribution in [0.5, 0.6) is 0 Å². The molecule has 0 bridgehead atoms. The van der Waals surface area contributed by atoms with Crippen molar-refractivity contribution >= 4 is 28.6 Å². The molecule has 1 saturated heterocycles. The van der Waals surface area contributed by atoms with Crippen LogP contribution in [0.2, 0.25) is 5.02 Å². The van der Waals surface area contributed by atoms with Crippen LogP contribution in [0.4, 0.5) is 5.82 Å². The molecule has 1 aromatic carbocycles. The zero-order valence-corrected chi connectivity index (χ0v) is 15.8. The Morgan fingerprint density at radius 2 is 2.04 bits per heavy atom. The maximum atomic E-state index is 6.10. The van der Waals surface area contributed by atoms with Gasteiger partial charge in [-0.1, -0.05) is 29.8 Å². The highest BCUT2D eigenvalue weighted by molar-refractivity contribution is 6.30. The van der Waals surface area contributed by atoms with E-state index < -0.39 is 0 Å². The fourth-order valence-electron chi connectivity index (χ4n) is 3.43. The van der Waals surface area contributed by atoms with Crippen molar-refractivity contribution in [3.05, 3.63) is 71.5 Å². The number of nitrogens with zero attached hydrogens (tertiary/aromatic N) is 4. The number of H-pyrrole nitrogens is 1. The van der Waals surface area contributed by atoms with Crippen LogP contribution in [-0.4, -0.2) is 39.6 Å². The lowest BCUT2D eigenvalue weighted by molar-refractivity contribution is 0.0368. The van der Waals surface area contributed by atoms with Gasteiger partial charge in [0.15, 0.2) is 5.65 Å². The third-order valence-electron chi connectivity index (χ3n) is 4.84. The molecule has 28 heavy (non-hydrogen) atoms. The molecule has 1 N–H and O–H groups in total. The Kier molecular flexibility index (Phi) is 4.43. The van der Waals surface area contributed by atoms with Crippen LogP contribution in [0.25, 0.3) is 22.6 Å². The standard InChI is InChI=1S/C21H18ClN5O/c22-15-5-3-4-14(12-15)20-24-17-7-8-19(25-21(17)26-20)27-10-11-28-18(13-27)16-6-1-2-9-23-16/h1-9,12,18H,10-11,13H2,(H,24,25,26)/t18-/m1/s1. The van der Waals surface area contributed by atoms with E-state index >= 15 is 0 Å². The number of aromatic amines is 1. The molecular formula is C21H18ClN5O. The lowest BCUT2D eigenvalue weighted by Gasteiger charge is -2.33. The van der Waals surface area contributed by atoms with E-state index in [1.807, 2.05) is 54.6 Å². The number of anilines is 1. The lowest BCUT2D eigenvalue weighted by Crippen LogP contribution is -2.39. The number of morpholine rings is 1. The van der Waals surface area contributed by atoms with Gasteiger partial charge in [-0.3, -0.25) is 4.98 Å². The van der Waals surface area contributed by atoms with E-state index in [1.54, 1.807) is 6.20 Å². The van der Waals surface area contributed by atoms with Crippen LogP contribution in [0.3, 0.4) is 0 Å². The average Bonchev–Trinajstić information content (AvgIpc) is 3.18. The van der Waals surface area contributed by atoms with Gasteiger partial charge in [0.1, 0.15) is 17.7 Å². The molecule has 1 atom stereocenters. The molecular weight excluding hydrogens is 374 g/mol. The second-order valence-corrected chi connectivity index (χ2v) is 7.13. The van der Waals surface area contributed by atoms with Gasteiger partial charge in [-0.05, 0) is 36.4 Å². The number of hydrogen-bond acceptors (Lipinski definition) is 5. The second kappa shape index (κ2) is 7.22. The summed E-state index contributed by atoms with van der Waals surface area (Å²) < 4.78 is 5.91. The van der Waals surface area contributed by atoms with Crippen molar-refractivity contribution in [2.75, 3.05) is 24.6 Å². The van der Waals surface area contributed by atoms with Crippen LogP contribution in [0.15, 0.2) is 60.8 Å². The maximum absolute atomic E-state index is 6.10. The second-order valence-electron chi connectivity index (χ2n) is 6.70. The highest BCUT2D eigenvalue weighted by atomic mass is 35.5. The molecule has 4 heterocycles. The van der Waals surface area contributed by atoms with E-state index in [2.05, 4.69) is 19.9 Å². The van der Waals surface area contributed by atoms with E-state index in [0.717, 1.165) is 35.0 Å². The lowest BCUT2D eigenvalue weighted by atomic mass is 10.2. The Bertz CT molecular complexity index is 1110. The highest BCUT2D eigenvalue weighted by Gasteiger charge is 2.24. The molecule has 0 aliphatic carbocycles. The summed E-state index contributed by atoms with van der Waals surface area (Å²) in [6.07, 6.45) is 1.73. The third-order valence-corrected chi connectivity index (χ3v) is 5.07. The number of fused-ring (bicyclic) bond motifs is 1. The molecule has 1 fully saturated rings. The van der Waals surface area contributed by atoms with E-state index in [-0.39, 0.29) is 6.10 Å². The minimum atomic E-state index is -0.0614. The number of aromatic nitrogens is 4. The van der Waals surface area contributed by atoms with Gasteiger partial charge in [0.05, 0.1) is 24.4 Å². The molecule has 0 saturated carbocycles. The van der Waals surface area contributed by atoms with Gasteiger partial charge < -0.3 is 14.6 Å². The van der Waals surface area contributed by atoms with E-state index in [4.69, 9.17) is 21.3 Å². The molecule has 1 aliphatic heterocycles. The summed E-state index contributed by atoms with van der Waals surface area (Å²) in [6.45, 7) is 2.13. The van der Waals surface area contributed by atoms with Crippen molar-refractivity contribution in [1.29, 1.82) is 0 Å². The first-order valence-electron chi connectivity index (χ1n) is 9.16. The Labute approximate surface area is 167 Å². The van der Waals surface area contributed by atoms with Crippen molar-refractivity contribution in [3.8, 4) is 11.4 Å². The number of ether oxygens (including phenoxy) is 1. The van der Waals surface area contributed by atoms with E-state index in [1.165, 1.54) is 0 Å². The predicted molar refractivity (Wildman–Crippen MR) is 109 cm³/mol. The van der Waals surface area contributed by atoms with E-state index in [0.29, 0.717) is 23.8 Å². The predicted octanol–water partition coefficient (Wildman–Crippen LogP) is 4.25. The Balaban J connectivity index is 1.43. The summed E-state index contributed by atoms with van der Waals surface area (Å²) in [6, 6.07) is 17.5. The van der Waals surface area contributed by atoms with Crippen LogP contribution in [0, 0.1) is 0 Å². The first kappa shape index (κ1) is 17.2. The quantitative estimate of drug-likeness (QED) is 0.565. The van der Waals surface area contributed by atoms with E-state index in [9.17, 15) is 0 Å². The van der Waals surface area contributed by atoms with Gasteiger partial charge in [0.25, 0.3) is 0 Å². The molecule has 140 valence electrons. The van der Waals surface area contributed by atoms with Crippen molar-refractivity contribution < 1.29 is 4.74 Å². The SMILES string of the molecule is Clc1cccc(-c2nc3nc(N4CCO[C@@H](c5ccccn5)C4)ccc3[nH]2)c1. The number of rotatable bonds is 3. The van der Waals surface area contributed by atoms with Crippen molar-refractivity contribution in [2.45, 2.75) is 6.10 Å². The van der Waals surface area contributed by atoms with Crippen LogP contribution >= 0.6 is 11.6 Å². The van der Waals surface area contributed by atoms with Crippen LogP contribution in [-0.2, 0) is 4.74 Å². The largest absolute Gasteiger partial charge is 0.368 e. The molecule has 3 aromatic heterocycles. The first-order chi connectivity index (χ1) is 13.8. The smallest absolute Gasteiger partial charge is 0.180 e. The number of benzene rings is 1. The van der Waals surface area contributed by atoms with Crippen molar-refractivity contribution in [2.24, 2.45) is 0 Å². The molecule has 1 aliphatic rings. The Hall–Kier alpha value is -2.96. The van der Waals surface area contributed by atoms with Gasteiger partial charge >= 0.3 is 0 Å². The Morgan fingerprint density at radius 3 is 2.89 bits per heavy atom. The molecule has 5 rings (SSSR count). The fraction of sp³-hybridized carbons (Fsp3) is 0.190. The minimum absolute atomic E-state index is 0.0614. The molecule has 0 amide bonds. The first-order valence-corrected chi connectivity index (χ1v) is 9.54. The maximum Gasteiger partial charge on any atom is 0.180 e. The van der Waals surface area contributed by atoms with Crippen molar-refractivity contribution in [3.63, 3.8) is 0 Å². The molecule has 0 radical (unpaired) electrons. The minimum Gasteiger partial charge on any atom is -0.368 e. The van der Waals surface area contributed by atoms with Gasteiger partial charge in [-0.2, -0.15) is 0 Å². The zero-order valence-electron chi connectivity index (χ0n) is 15.0. The average molecular weight is 392 g/mol. The molecule has 0 unspecified atom stereocenters. The summed E-state index contributed by atoms with van der Waals surface area (Å²) in [5.41, 5.74) is 3.46. The number of pyridine rings is 2. The number of nitrogens with one attached hydrogen (secondary N) is 1. The number of imidazole rings is 1.